The summed E-state index contributed by atoms with van der Waals surface area (Å²) in [4.78, 5) is 7.20. The third kappa shape index (κ3) is 6.14. The van der Waals surface area contributed by atoms with Crippen molar-refractivity contribution in [2.45, 2.75) is 45.6 Å². The molecule has 32 heavy (non-hydrogen) atoms. The highest BCUT2D eigenvalue weighted by Crippen LogP contribution is 2.35. The number of pyridine rings is 1. The highest BCUT2D eigenvalue weighted by Gasteiger charge is 2.19. The number of methoxy groups -OCH3 is 1. The minimum absolute atomic E-state index is 0.503. The van der Waals surface area contributed by atoms with Crippen LogP contribution in [-0.2, 0) is 0 Å². The first-order valence-electron chi connectivity index (χ1n) is 11.3. The predicted molar refractivity (Wildman–Crippen MR) is 135 cm³/mol. The molecule has 0 spiro atoms. The normalized spacial score (nSPS) is 12.5. The van der Waals surface area contributed by atoms with Crippen LogP contribution in [0.3, 0.4) is 0 Å². The standard InChI is InChI=1S/C26H32Cl2N2O2/c1-4-6-12-30(13-7-5-2)17-25(31)21-15-23(18-8-10-19(27)11-9-18)29-24-16-26(32-3)22(28)14-20(21)24/h8-11,14-16,25,31H,4-7,12-13,17H2,1-3H3. The second-order valence-corrected chi connectivity index (χ2v) is 8.97. The molecule has 0 bridgehead atoms. The molecule has 1 aromatic heterocycles. The van der Waals surface area contributed by atoms with Crippen LogP contribution in [0.4, 0.5) is 0 Å². The van der Waals surface area contributed by atoms with Crippen molar-refractivity contribution in [3.63, 3.8) is 0 Å². The van der Waals surface area contributed by atoms with Crippen LogP contribution in [0, 0.1) is 0 Å². The van der Waals surface area contributed by atoms with Crippen molar-refractivity contribution in [3.05, 3.63) is 58.1 Å². The fourth-order valence-corrected chi connectivity index (χ4v) is 4.22. The van der Waals surface area contributed by atoms with Gasteiger partial charge in [0.25, 0.3) is 0 Å². The highest BCUT2D eigenvalue weighted by atomic mass is 35.5. The van der Waals surface area contributed by atoms with E-state index in [0.29, 0.717) is 22.3 Å². The lowest BCUT2D eigenvalue weighted by Crippen LogP contribution is -2.31. The molecule has 0 saturated carbocycles. The molecule has 0 radical (unpaired) electrons. The van der Waals surface area contributed by atoms with E-state index in [4.69, 9.17) is 32.9 Å². The number of halogens is 2. The molecule has 1 N–H and O–H groups in total. The Morgan fingerprint density at radius 3 is 2.25 bits per heavy atom. The maximum Gasteiger partial charge on any atom is 0.139 e. The summed E-state index contributed by atoms with van der Waals surface area (Å²) in [6.07, 6.45) is 3.84. The van der Waals surface area contributed by atoms with Crippen LogP contribution in [0.2, 0.25) is 10.0 Å². The maximum absolute atomic E-state index is 11.4. The largest absolute Gasteiger partial charge is 0.495 e. The van der Waals surface area contributed by atoms with Crippen molar-refractivity contribution < 1.29 is 9.84 Å². The molecule has 4 nitrogen and oxygen atoms in total. The van der Waals surface area contributed by atoms with E-state index in [9.17, 15) is 5.11 Å². The molecule has 1 heterocycles. The SMILES string of the molecule is CCCCN(CCCC)CC(O)c1cc(-c2ccc(Cl)cc2)nc2cc(OC)c(Cl)cc12. The van der Waals surface area contributed by atoms with Crippen LogP contribution < -0.4 is 4.74 Å². The second kappa shape index (κ2) is 11.9. The maximum atomic E-state index is 11.4. The van der Waals surface area contributed by atoms with Gasteiger partial charge in [0.05, 0.1) is 29.4 Å². The lowest BCUT2D eigenvalue weighted by molar-refractivity contribution is 0.112. The topological polar surface area (TPSA) is 45.6 Å². The van der Waals surface area contributed by atoms with Gasteiger partial charge in [-0.1, -0.05) is 62.0 Å². The predicted octanol–water partition coefficient (Wildman–Crippen LogP) is 7.15. The van der Waals surface area contributed by atoms with E-state index in [0.717, 1.165) is 66.5 Å². The molecule has 0 aliphatic rings. The first kappa shape index (κ1) is 24.8. The number of rotatable bonds is 11. The highest BCUT2D eigenvalue weighted by molar-refractivity contribution is 6.33. The molecular formula is C26H32Cl2N2O2. The Labute approximate surface area is 201 Å². The lowest BCUT2D eigenvalue weighted by atomic mass is 9.99. The van der Waals surface area contributed by atoms with Crippen molar-refractivity contribution >= 4 is 34.1 Å². The molecule has 172 valence electrons. The van der Waals surface area contributed by atoms with Gasteiger partial charge in [0.2, 0.25) is 0 Å². The fourth-order valence-electron chi connectivity index (χ4n) is 3.85. The fraction of sp³-hybridized carbons (Fsp3) is 0.423. The zero-order chi connectivity index (χ0) is 23.1. The number of hydrogen-bond acceptors (Lipinski definition) is 4. The summed E-state index contributed by atoms with van der Waals surface area (Å²) in [5, 5.41) is 13.4. The summed E-state index contributed by atoms with van der Waals surface area (Å²) in [5.74, 6) is 0.563. The van der Waals surface area contributed by atoms with Crippen LogP contribution >= 0.6 is 23.2 Å². The van der Waals surface area contributed by atoms with Gasteiger partial charge in [-0.15, -0.1) is 0 Å². The van der Waals surface area contributed by atoms with Crippen LogP contribution in [-0.4, -0.2) is 41.7 Å². The van der Waals surface area contributed by atoms with E-state index in [1.807, 2.05) is 42.5 Å². The summed E-state index contributed by atoms with van der Waals surface area (Å²) in [7, 11) is 1.59. The number of unbranched alkanes of at least 4 members (excludes halogenated alkanes) is 2. The molecule has 0 aliphatic heterocycles. The number of fused-ring (bicyclic) bond motifs is 1. The van der Waals surface area contributed by atoms with Gasteiger partial charge in [-0.2, -0.15) is 0 Å². The van der Waals surface area contributed by atoms with Gasteiger partial charge in [-0.25, -0.2) is 4.98 Å². The number of benzene rings is 2. The summed E-state index contributed by atoms with van der Waals surface area (Å²) in [6.45, 7) is 6.92. The summed E-state index contributed by atoms with van der Waals surface area (Å²) in [5.41, 5.74) is 3.28. The molecule has 0 fully saturated rings. The third-order valence-electron chi connectivity index (χ3n) is 5.70. The van der Waals surface area contributed by atoms with Crippen LogP contribution in [0.15, 0.2) is 42.5 Å². The zero-order valence-corrected chi connectivity index (χ0v) is 20.6. The summed E-state index contributed by atoms with van der Waals surface area (Å²) in [6, 6.07) is 13.2. The minimum Gasteiger partial charge on any atom is -0.495 e. The first-order chi connectivity index (χ1) is 15.5. The van der Waals surface area contributed by atoms with Gasteiger partial charge in [0, 0.05) is 28.6 Å². The van der Waals surface area contributed by atoms with E-state index < -0.39 is 6.10 Å². The molecule has 3 rings (SSSR count). The van der Waals surface area contributed by atoms with Crippen molar-refractivity contribution in [3.8, 4) is 17.0 Å². The monoisotopic (exact) mass is 474 g/mol. The minimum atomic E-state index is -0.662. The number of nitrogens with zero attached hydrogens (tertiary/aromatic N) is 2. The van der Waals surface area contributed by atoms with E-state index in [2.05, 4.69) is 18.7 Å². The Morgan fingerprint density at radius 1 is 1.00 bits per heavy atom. The molecule has 1 atom stereocenters. The number of ether oxygens (including phenoxy) is 1. The molecule has 0 amide bonds. The molecule has 0 aliphatic carbocycles. The molecular weight excluding hydrogens is 443 g/mol. The molecule has 6 heteroatoms. The van der Waals surface area contributed by atoms with Gasteiger partial charge < -0.3 is 14.7 Å². The Bertz CT molecular complexity index is 1020. The third-order valence-corrected chi connectivity index (χ3v) is 6.25. The van der Waals surface area contributed by atoms with Gasteiger partial charge in [-0.05, 0) is 55.8 Å². The van der Waals surface area contributed by atoms with Gasteiger partial charge >= 0.3 is 0 Å². The zero-order valence-electron chi connectivity index (χ0n) is 19.1. The smallest absolute Gasteiger partial charge is 0.139 e. The number of aromatic nitrogens is 1. The number of hydrogen-bond donors (Lipinski definition) is 1. The van der Waals surface area contributed by atoms with E-state index in [-0.39, 0.29) is 0 Å². The van der Waals surface area contributed by atoms with Gasteiger partial charge in [0.1, 0.15) is 5.75 Å². The lowest BCUT2D eigenvalue weighted by Gasteiger charge is -2.26. The summed E-state index contributed by atoms with van der Waals surface area (Å²) >= 11 is 12.5. The van der Waals surface area contributed by atoms with E-state index in [1.54, 1.807) is 7.11 Å². The van der Waals surface area contributed by atoms with Crippen LogP contribution in [0.25, 0.3) is 22.2 Å². The van der Waals surface area contributed by atoms with Crippen molar-refractivity contribution in [1.29, 1.82) is 0 Å². The van der Waals surface area contributed by atoms with E-state index >= 15 is 0 Å². The molecule has 0 saturated heterocycles. The number of aliphatic hydroxyl groups excluding tert-OH is 1. The Kier molecular flexibility index (Phi) is 9.18. The summed E-state index contributed by atoms with van der Waals surface area (Å²) < 4.78 is 5.41. The van der Waals surface area contributed by atoms with Crippen molar-refractivity contribution in [1.82, 2.24) is 9.88 Å². The first-order valence-corrected chi connectivity index (χ1v) is 12.1. The van der Waals surface area contributed by atoms with Crippen LogP contribution in [0.5, 0.6) is 5.75 Å². The van der Waals surface area contributed by atoms with Gasteiger partial charge in [0.15, 0.2) is 0 Å². The molecule has 3 aromatic rings. The Morgan fingerprint density at radius 2 is 1.66 bits per heavy atom. The van der Waals surface area contributed by atoms with Gasteiger partial charge in [-0.3, -0.25) is 0 Å². The van der Waals surface area contributed by atoms with Crippen LogP contribution in [0.1, 0.15) is 51.2 Å². The van der Waals surface area contributed by atoms with E-state index in [1.165, 1.54) is 0 Å². The molecule has 1 unspecified atom stereocenters. The number of aliphatic hydroxyl groups is 1. The quantitative estimate of drug-likeness (QED) is 0.320. The second-order valence-electron chi connectivity index (χ2n) is 8.13. The van der Waals surface area contributed by atoms with Crippen molar-refractivity contribution in [2.75, 3.05) is 26.7 Å². The Hall–Kier alpha value is -1.85. The Balaban J connectivity index is 2.05. The average molecular weight is 475 g/mol. The average Bonchev–Trinajstić information content (AvgIpc) is 2.80. The molecule has 2 aromatic carbocycles. The van der Waals surface area contributed by atoms with Crippen molar-refractivity contribution in [2.24, 2.45) is 0 Å².